The van der Waals surface area contributed by atoms with Crippen LogP contribution in [0.3, 0.4) is 0 Å². The quantitative estimate of drug-likeness (QED) is 0.00263. The largest absolute Gasteiger partial charge is 0.396 e. The fourth-order valence-electron chi connectivity index (χ4n) is 6.25. The lowest BCUT2D eigenvalue weighted by Crippen LogP contribution is -2.11. The standard InChI is InChI=1S/C39H33F2N15O18S6/c40-31-18-32(49-36(41)48-31)44-21-7-11-29(79(62,63)64)26(16-21)54-55-27-17-30(80(65,66)67)34(43)35(33(27)42)56-53-25-15-22(6-10-28(25)76-73-70-58)47-39-51-37(50-38(52-39)46-20-2-1-3-23(14-20)75-72-69-57)45-19-4-8-24(9-5-19)78(60,61)13-12-68-77-74-71-59/h1-11,14-18,57-59H,12-13,42-43H2,(H,44,48,49)(H,62,63,64)(H,65,66,67)(H3,45,46,47,50,51,52). The van der Waals surface area contributed by atoms with Gasteiger partial charge in [-0.15, -0.1) is 33.5 Å². The van der Waals surface area contributed by atoms with Crippen molar-refractivity contribution in [3.63, 3.8) is 0 Å². The van der Waals surface area contributed by atoms with E-state index in [0.717, 1.165) is 18.2 Å². The molecule has 0 radical (unpaired) electrons. The number of nitrogens with zero attached hydrogens (tertiary/aromatic N) is 9. The van der Waals surface area contributed by atoms with Crippen molar-refractivity contribution >= 4 is 147 Å². The molecule has 0 atom stereocenters. The normalized spacial score (nSPS) is 12.1. The number of hydrogen-bond donors (Lipinski definition) is 11. The van der Waals surface area contributed by atoms with E-state index in [4.69, 9.17) is 31.4 Å². The Labute approximate surface area is 460 Å². The van der Waals surface area contributed by atoms with Gasteiger partial charge in [-0.05, 0) is 84.9 Å². The van der Waals surface area contributed by atoms with E-state index >= 15 is 0 Å². The van der Waals surface area contributed by atoms with E-state index in [1.807, 2.05) is 0 Å². The summed E-state index contributed by atoms with van der Waals surface area (Å²) in [5.74, 6) is -2.53. The van der Waals surface area contributed by atoms with Gasteiger partial charge in [0, 0.05) is 33.7 Å². The average molecular weight is 1230 g/mol. The highest BCUT2D eigenvalue weighted by atomic mass is 32.2. The predicted octanol–water partition coefficient (Wildman–Crippen LogP) is 9.03. The van der Waals surface area contributed by atoms with Crippen LogP contribution >= 0.6 is 36.4 Å². The van der Waals surface area contributed by atoms with Gasteiger partial charge in [-0.3, -0.25) is 13.3 Å². The first-order chi connectivity index (χ1) is 38.1. The van der Waals surface area contributed by atoms with Crippen LogP contribution in [0.1, 0.15) is 0 Å². The first-order valence-electron chi connectivity index (χ1n) is 20.9. The monoisotopic (exact) mass is 1230 g/mol. The lowest BCUT2D eigenvalue weighted by molar-refractivity contribution is -0.434. The summed E-state index contributed by atoms with van der Waals surface area (Å²) in [5.41, 5.74) is 9.72. The van der Waals surface area contributed by atoms with Gasteiger partial charge in [0.05, 0.1) is 57.6 Å². The van der Waals surface area contributed by atoms with Gasteiger partial charge in [0.2, 0.25) is 23.8 Å². The van der Waals surface area contributed by atoms with E-state index in [1.54, 1.807) is 24.3 Å². The number of azo groups is 2. The van der Waals surface area contributed by atoms with Crippen LogP contribution in [0.4, 0.5) is 89.3 Å². The molecule has 5 aromatic carbocycles. The molecule has 13 N–H and O–H groups in total. The number of nitrogens with two attached hydrogens (primary N) is 2. The van der Waals surface area contributed by atoms with Crippen LogP contribution in [0.15, 0.2) is 142 Å². The van der Waals surface area contributed by atoms with Gasteiger partial charge in [0.25, 0.3) is 20.2 Å². The Morgan fingerprint density at radius 1 is 0.562 bits per heavy atom. The Morgan fingerprint density at radius 2 is 1.14 bits per heavy atom. The van der Waals surface area contributed by atoms with Gasteiger partial charge in [-0.2, -0.15) is 50.5 Å². The van der Waals surface area contributed by atoms with Crippen LogP contribution in [0.2, 0.25) is 0 Å². The molecule has 2 aromatic heterocycles. The molecule has 2 heterocycles. The van der Waals surface area contributed by atoms with Crippen LogP contribution in [0.25, 0.3) is 0 Å². The molecule has 0 saturated heterocycles. The molecule has 33 nitrogen and oxygen atoms in total. The molecule has 0 saturated carbocycles. The van der Waals surface area contributed by atoms with Gasteiger partial charge in [0.1, 0.15) is 38.4 Å². The minimum atomic E-state index is -5.24. The molecule has 0 aliphatic heterocycles. The topological polar surface area (TPSA) is 482 Å². The van der Waals surface area contributed by atoms with Crippen LogP contribution in [-0.2, 0) is 62.4 Å². The number of nitrogen functional groups attached to an aromatic ring is 2. The third kappa shape index (κ3) is 16.8. The lowest BCUT2D eigenvalue weighted by Gasteiger charge is -2.13. The van der Waals surface area contributed by atoms with Gasteiger partial charge in [-0.1, -0.05) is 21.2 Å². The lowest BCUT2D eigenvalue weighted by atomic mass is 10.2. The number of nitrogens with one attached hydrogen (secondary N) is 4. The molecule has 422 valence electrons. The Bertz CT molecular complexity index is 3770. The maximum Gasteiger partial charge on any atom is 0.313 e. The maximum absolute atomic E-state index is 13.8. The summed E-state index contributed by atoms with van der Waals surface area (Å²) in [7, 11) is -14.2. The Morgan fingerprint density at radius 3 is 1.79 bits per heavy atom. The molecule has 41 heteroatoms. The van der Waals surface area contributed by atoms with Crippen molar-refractivity contribution in [1.82, 2.24) is 24.9 Å². The second kappa shape index (κ2) is 27.1. The number of halogens is 2. The first-order valence-corrected chi connectivity index (χ1v) is 27.6. The van der Waals surface area contributed by atoms with Gasteiger partial charge in [-0.25, -0.2) is 24.2 Å². The minimum Gasteiger partial charge on any atom is -0.396 e. The molecule has 0 amide bonds. The van der Waals surface area contributed by atoms with E-state index in [-0.39, 0.29) is 63.6 Å². The predicted molar refractivity (Wildman–Crippen MR) is 276 cm³/mol. The van der Waals surface area contributed by atoms with E-state index < -0.39 is 91.9 Å². The molecular weight excluding hydrogens is 1200 g/mol. The number of rotatable bonds is 27. The molecular formula is C39H33F2N15O18S6. The maximum atomic E-state index is 13.8. The molecule has 7 rings (SSSR count). The van der Waals surface area contributed by atoms with E-state index in [2.05, 4.69) is 94.8 Å². The van der Waals surface area contributed by atoms with E-state index in [1.165, 1.54) is 42.5 Å². The molecule has 0 aliphatic rings. The fraction of sp³-hybridized carbons (Fsp3) is 0.0513. The highest BCUT2D eigenvalue weighted by molar-refractivity contribution is 7.95. The van der Waals surface area contributed by atoms with Crippen molar-refractivity contribution in [2.24, 2.45) is 20.5 Å². The summed E-state index contributed by atoms with van der Waals surface area (Å²) < 4.78 is 141. The smallest absolute Gasteiger partial charge is 0.313 e. The SMILES string of the molecule is Nc1c(N=Nc2cc(Nc3cc(F)nc(F)n3)ccc2S(=O)(=O)O)cc(S(=O)(=O)O)c(N)c1N=Nc1cc(Nc2nc(Nc3ccc(S(=O)(=O)CCOSOOO)cc3)nc(Nc3cccc(SOOO)c3)n2)ccc1SOOO. The zero-order valence-corrected chi connectivity index (χ0v) is 44.0. The number of sulfone groups is 1. The van der Waals surface area contributed by atoms with E-state index in [0.29, 0.717) is 52.5 Å². The van der Waals surface area contributed by atoms with Crippen molar-refractivity contribution in [3.8, 4) is 0 Å². The third-order valence-electron chi connectivity index (χ3n) is 9.56. The molecule has 80 heavy (non-hydrogen) atoms. The molecule has 0 fully saturated rings. The second-order valence-electron chi connectivity index (χ2n) is 14.8. The highest BCUT2D eigenvalue weighted by Crippen LogP contribution is 2.45. The Kier molecular flexibility index (Phi) is 20.4. The summed E-state index contributed by atoms with van der Waals surface area (Å²) in [6.45, 7) is -0.328. The number of hydrogen-bond acceptors (Lipinski definition) is 34. The highest BCUT2D eigenvalue weighted by Gasteiger charge is 2.24. The zero-order chi connectivity index (χ0) is 57.6. The Hall–Kier alpha value is -7.53. The summed E-state index contributed by atoms with van der Waals surface area (Å²) in [4.78, 5) is 18.0. The van der Waals surface area contributed by atoms with Crippen LogP contribution in [-0.4, -0.2) is 87.4 Å². The number of benzene rings is 5. The summed E-state index contributed by atoms with van der Waals surface area (Å²) >= 11 is 1.27. The molecule has 0 aliphatic carbocycles. The fourth-order valence-corrected chi connectivity index (χ4v) is 9.73. The third-order valence-corrected chi connectivity index (χ3v) is 14.7. The zero-order valence-electron chi connectivity index (χ0n) is 39.1. The summed E-state index contributed by atoms with van der Waals surface area (Å²) in [6, 6.07) is 20.1. The summed E-state index contributed by atoms with van der Waals surface area (Å²) in [6.07, 6.45) is -1.45. The van der Waals surface area contributed by atoms with Crippen molar-refractivity contribution in [3.05, 3.63) is 109 Å². The Balaban J connectivity index is 1.23. The van der Waals surface area contributed by atoms with Crippen LogP contribution < -0.4 is 32.7 Å². The van der Waals surface area contributed by atoms with Crippen LogP contribution in [0.5, 0.6) is 0 Å². The molecule has 0 spiro atoms. The molecule has 0 bridgehead atoms. The van der Waals surface area contributed by atoms with Crippen molar-refractivity contribution < 1.29 is 91.2 Å². The van der Waals surface area contributed by atoms with Gasteiger partial charge < -0.3 is 32.7 Å². The molecule has 0 unspecified atom stereocenters. The van der Waals surface area contributed by atoms with Crippen molar-refractivity contribution in [2.75, 3.05) is 45.1 Å². The minimum absolute atomic E-state index is 0.0332. The summed E-state index contributed by atoms with van der Waals surface area (Å²) in [5, 5.41) is 63.8. The number of anilines is 10. The van der Waals surface area contributed by atoms with E-state index in [9.17, 15) is 43.1 Å². The first kappa shape index (κ1) is 60.1. The van der Waals surface area contributed by atoms with Gasteiger partial charge in [0.15, 0.2) is 22.2 Å². The average Bonchev–Trinajstić information content (AvgIpc) is 3.40. The second-order valence-corrected chi connectivity index (χ2v) is 21.7. The molecule has 7 aromatic rings. The van der Waals surface area contributed by atoms with Crippen LogP contribution in [0, 0.1) is 12.0 Å². The number of aromatic nitrogens is 5. The van der Waals surface area contributed by atoms with Crippen molar-refractivity contribution in [1.29, 1.82) is 0 Å². The van der Waals surface area contributed by atoms with Crippen molar-refractivity contribution in [2.45, 2.75) is 24.5 Å². The van der Waals surface area contributed by atoms with Gasteiger partial charge >= 0.3 is 6.08 Å².